The number of pyridine rings is 1. The molecule has 1 N–H and O–H groups in total. The molecule has 3 aromatic carbocycles. The molecule has 2 amide bonds. The second-order valence-electron chi connectivity index (χ2n) is 17.4. The molecule has 0 radical (unpaired) electrons. The normalized spacial score (nSPS) is 12.2. The number of hydrogen-bond acceptors (Lipinski definition) is 13. The molecule has 0 saturated heterocycles. The van der Waals surface area contributed by atoms with Crippen molar-refractivity contribution in [2.24, 2.45) is 11.0 Å². The molecular weight excluding hydrogens is 873 g/mol. The fourth-order valence-corrected chi connectivity index (χ4v) is 7.22. The number of ketones is 1. The van der Waals surface area contributed by atoms with Gasteiger partial charge in [-0.1, -0.05) is 73.6 Å². The molecule has 4 aromatic rings. The third-order valence-electron chi connectivity index (χ3n) is 10.6. The van der Waals surface area contributed by atoms with E-state index in [1.165, 1.54) is 12.0 Å². The highest BCUT2D eigenvalue weighted by molar-refractivity contribution is 6.00. The number of fused-ring (bicyclic) bond motifs is 1. The first-order chi connectivity index (χ1) is 32.7. The average molecular weight is 941 g/mol. The van der Waals surface area contributed by atoms with E-state index in [9.17, 15) is 19.2 Å². The summed E-state index contributed by atoms with van der Waals surface area (Å²) in [4.78, 5) is 61.6. The molecule has 1 aromatic heterocycles. The maximum absolute atomic E-state index is 14.0. The van der Waals surface area contributed by atoms with Crippen molar-refractivity contribution in [1.82, 2.24) is 10.3 Å². The van der Waals surface area contributed by atoms with Crippen LogP contribution < -0.4 is 15.0 Å². The van der Waals surface area contributed by atoms with Gasteiger partial charge in [-0.2, -0.15) is 0 Å². The number of azide groups is 1. The Morgan fingerprint density at radius 1 is 0.809 bits per heavy atom. The van der Waals surface area contributed by atoms with Crippen molar-refractivity contribution in [3.05, 3.63) is 101 Å². The number of rotatable bonds is 30. The molecule has 0 spiro atoms. The van der Waals surface area contributed by atoms with Crippen LogP contribution in [0.25, 0.3) is 32.3 Å². The zero-order chi connectivity index (χ0) is 49.3. The topological polar surface area (TPSA) is 210 Å². The quantitative estimate of drug-likeness (QED) is 0.0171. The number of aromatic nitrogens is 1. The third-order valence-corrected chi connectivity index (χ3v) is 10.6. The average Bonchev–Trinajstić information content (AvgIpc) is 3.31. The highest BCUT2D eigenvalue weighted by Gasteiger charge is 2.29. The van der Waals surface area contributed by atoms with E-state index in [4.69, 9.17) is 38.7 Å². The number of aryl methyl sites for hydroxylation is 1. The first kappa shape index (κ1) is 54.5. The Morgan fingerprint density at radius 2 is 1.44 bits per heavy atom. The summed E-state index contributed by atoms with van der Waals surface area (Å²) < 4.78 is 38.8. The first-order valence-corrected chi connectivity index (χ1v) is 23.1. The highest BCUT2D eigenvalue weighted by atomic mass is 16.6. The van der Waals surface area contributed by atoms with E-state index in [1.54, 1.807) is 33.0 Å². The van der Waals surface area contributed by atoms with E-state index < -0.39 is 29.6 Å². The lowest BCUT2D eigenvalue weighted by atomic mass is 9.85. The molecule has 368 valence electrons. The summed E-state index contributed by atoms with van der Waals surface area (Å²) in [6.07, 6.45) is 1.40. The van der Waals surface area contributed by atoms with Gasteiger partial charge in [0.2, 0.25) is 5.91 Å². The maximum atomic E-state index is 14.0. The number of Topliss-reactive ketones (excluding diaryl/α,β-unsaturated/α-hetero) is 1. The van der Waals surface area contributed by atoms with Crippen LogP contribution >= 0.6 is 0 Å². The van der Waals surface area contributed by atoms with Gasteiger partial charge < -0.3 is 38.5 Å². The Kier molecular flexibility index (Phi) is 23.2. The molecule has 0 fully saturated rings. The molecule has 1 heterocycles. The van der Waals surface area contributed by atoms with Gasteiger partial charge in [-0.25, -0.2) is 9.78 Å². The summed E-state index contributed by atoms with van der Waals surface area (Å²) in [6.45, 7) is 15.1. The standard InChI is InChI=1S/C51H68N6O11/c1-36(2)49(55-47(59)13-10-23-57(50(61)68-51(4,5)6)46-33-37(3)20-21-53-46)44(58)34-40(35-48(60)62-7)38-14-16-39(17-15-38)41-18-19-45(43-12-9-8-11-42(41)43)67-32-31-66-30-29-65-28-27-64-26-25-63-24-22-54-56-52/h8-9,11-12,14-21,33,36,40,49H,10,13,22-32,34-35H2,1-7H3,(H,55,59)/t40-,49-/m0/s1. The van der Waals surface area contributed by atoms with E-state index in [1.807, 2.05) is 87.5 Å². The van der Waals surface area contributed by atoms with Gasteiger partial charge in [0.15, 0.2) is 5.78 Å². The van der Waals surface area contributed by atoms with E-state index in [2.05, 4.69) is 20.3 Å². The largest absolute Gasteiger partial charge is 0.491 e. The number of anilines is 1. The predicted molar refractivity (Wildman–Crippen MR) is 260 cm³/mol. The molecule has 68 heavy (non-hydrogen) atoms. The van der Waals surface area contributed by atoms with Crippen molar-refractivity contribution < 1.29 is 52.3 Å². The van der Waals surface area contributed by atoms with Crippen LogP contribution in [0.2, 0.25) is 0 Å². The van der Waals surface area contributed by atoms with Crippen molar-refractivity contribution in [2.45, 2.75) is 84.8 Å². The van der Waals surface area contributed by atoms with Gasteiger partial charge >= 0.3 is 12.1 Å². The van der Waals surface area contributed by atoms with Crippen LogP contribution in [0.4, 0.5) is 10.6 Å². The number of esters is 1. The minimum absolute atomic E-state index is 0.00375. The van der Waals surface area contributed by atoms with Crippen LogP contribution in [0.5, 0.6) is 5.75 Å². The number of nitrogens with zero attached hydrogens (tertiary/aromatic N) is 5. The summed E-state index contributed by atoms with van der Waals surface area (Å²) in [6, 6.07) is 22.6. The molecule has 0 aliphatic heterocycles. The van der Waals surface area contributed by atoms with Crippen molar-refractivity contribution >= 4 is 40.3 Å². The maximum Gasteiger partial charge on any atom is 0.416 e. The minimum Gasteiger partial charge on any atom is -0.491 e. The zero-order valence-electron chi connectivity index (χ0n) is 40.6. The van der Waals surface area contributed by atoms with Gasteiger partial charge in [0.1, 0.15) is 23.8 Å². The Bertz CT molecular complexity index is 2260. The van der Waals surface area contributed by atoms with Crippen molar-refractivity contribution in [3.63, 3.8) is 0 Å². The summed E-state index contributed by atoms with van der Waals surface area (Å²) in [7, 11) is 1.32. The SMILES string of the molecule is COC(=O)C[C@H](CC(=O)[C@@H](NC(=O)CCCN(C(=O)OC(C)(C)C)c1cc(C)ccn1)C(C)C)c1ccc(-c2ccc(OCCOCCOCCOCCOCCN=[N+]=[N-])c3ccccc23)cc1. The number of carbonyl (C=O) groups excluding carboxylic acids is 4. The van der Waals surface area contributed by atoms with E-state index in [-0.39, 0.29) is 43.4 Å². The van der Waals surface area contributed by atoms with Crippen LogP contribution in [-0.2, 0) is 42.8 Å². The van der Waals surface area contributed by atoms with Crippen LogP contribution in [-0.4, -0.2) is 120 Å². The smallest absolute Gasteiger partial charge is 0.416 e. The second kappa shape index (κ2) is 28.9. The lowest BCUT2D eigenvalue weighted by molar-refractivity contribution is -0.141. The number of nitrogens with one attached hydrogen (secondary N) is 1. The van der Waals surface area contributed by atoms with Gasteiger partial charge in [-0.3, -0.25) is 19.3 Å². The lowest BCUT2D eigenvalue weighted by Crippen LogP contribution is -2.45. The molecular formula is C51H68N6O11. The molecule has 17 nitrogen and oxygen atoms in total. The predicted octanol–water partition coefficient (Wildman–Crippen LogP) is 8.93. The summed E-state index contributed by atoms with van der Waals surface area (Å²) in [5.41, 5.74) is 11.2. The van der Waals surface area contributed by atoms with Gasteiger partial charge in [0.05, 0.1) is 72.4 Å². The van der Waals surface area contributed by atoms with E-state index >= 15 is 0 Å². The summed E-state index contributed by atoms with van der Waals surface area (Å²) >= 11 is 0. The van der Waals surface area contributed by atoms with Crippen LogP contribution in [0.1, 0.15) is 77.3 Å². The van der Waals surface area contributed by atoms with Crippen LogP contribution in [0, 0.1) is 12.8 Å². The molecule has 2 atom stereocenters. The van der Waals surface area contributed by atoms with Gasteiger partial charge in [0.25, 0.3) is 0 Å². The van der Waals surface area contributed by atoms with Gasteiger partial charge in [-0.05, 0) is 91.4 Å². The lowest BCUT2D eigenvalue weighted by Gasteiger charge is -2.27. The Balaban J connectivity index is 1.32. The van der Waals surface area contributed by atoms with Crippen molar-refractivity contribution in [2.75, 3.05) is 84.6 Å². The van der Waals surface area contributed by atoms with E-state index in [0.29, 0.717) is 78.2 Å². The Hall–Kier alpha value is -6.10. The number of benzene rings is 3. The van der Waals surface area contributed by atoms with Gasteiger partial charge in [-0.15, -0.1) is 0 Å². The minimum atomic E-state index is -0.799. The van der Waals surface area contributed by atoms with E-state index in [0.717, 1.165) is 38.8 Å². The number of amides is 2. The Labute approximate surface area is 399 Å². The summed E-state index contributed by atoms with van der Waals surface area (Å²) in [5, 5.41) is 8.27. The number of methoxy groups -OCH3 is 1. The Morgan fingerprint density at radius 3 is 2.04 bits per heavy atom. The number of carbonyl (C=O) groups is 4. The molecule has 0 saturated carbocycles. The van der Waals surface area contributed by atoms with Crippen molar-refractivity contribution in [3.8, 4) is 16.9 Å². The first-order valence-electron chi connectivity index (χ1n) is 23.1. The third kappa shape index (κ3) is 18.9. The molecule has 0 bridgehead atoms. The molecule has 0 aliphatic rings. The fraction of sp³-hybridized carbons (Fsp3) is 0.510. The highest BCUT2D eigenvalue weighted by Crippen LogP contribution is 2.36. The monoisotopic (exact) mass is 940 g/mol. The fourth-order valence-electron chi connectivity index (χ4n) is 7.22. The number of hydrogen-bond donors (Lipinski definition) is 1. The molecule has 17 heteroatoms. The van der Waals surface area contributed by atoms with Crippen LogP contribution in [0.15, 0.2) is 84.1 Å². The number of ether oxygens (including phenoxy) is 7. The molecule has 0 unspecified atom stereocenters. The van der Waals surface area contributed by atoms with Crippen LogP contribution in [0.3, 0.4) is 0 Å². The van der Waals surface area contributed by atoms with Crippen molar-refractivity contribution in [1.29, 1.82) is 0 Å². The molecule has 0 aliphatic carbocycles. The molecule has 4 rings (SSSR count). The zero-order valence-corrected chi connectivity index (χ0v) is 40.6. The second-order valence-corrected chi connectivity index (χ2v) is 17.4. The summed E-state index contributed by atoms with van der Waals surface area (Å²) in [5.74, 6) is -0.554. The van der Waals surface area contributed by atoms with Gasteiger partial charge in [0, 0.05) is 48.3 Å².